The lowest BCUT2D eigenvalue weighted by Gasteiger charge is -2.04. The molecule has 84 valence electrons. The molecule has 3 rings (SSSR count). The van der Waals surface area contributed by atoms with Crippen molar-refractivity contribution in [2.45, 2.75) is 13.3 Å². The summed E-state index contributed by atoms with van der Waals surface area (Å²) in [4.78, 5) is 4.49. The van der Waals surface area contributed by atoms with E-state index in [1.165, 1.54) is 11.1 Å². The molecule has 0 aliphatic rings. The van der Waals surface area contributed by atoms with Crippen LogP contribution >= 0.6 is 0 Å². The van der Waals surface area contributed by atoms with Crippen LogP contribution in [0.2, 0.25) is 0 Å². The third-order valence-electron chi connectivity index (χ3n) is 3.13. The molecule has 0 atom stereocenters. The smallest absolute Gasteiger partial charge is 0.117 e. The van der Waals surface area contributed by atoms with Gasteiger partial charge in [-0.25, -0.2) is 4.98 Å². The van der Waals surface area contributed by atoms with Crippen LogP contribution in [0.5, 0.6) is 0 Å². The number of imidazole rings is 1. The second-order valence-electron chi connectivity index (χ2n) is 4.27. The van der Waals surface area contributed by atoms with E-state index in [0.29, 0.717) is 0 Å². The van der Waals surface area contributed by atoms with Gasteiger partial charge < -0.3 is 4.40 Å². The number of benzene rings is 1. The van der Waals surface area contributed by atoms with E-state index in [-0.39, 0.29) is 0 Å². The van der Waals surface area contributed by atoms with Crippen molar-refractivity contribution in [3.8, 4) is 0 Å². The van der Waals surface area contributed by atoms with Gasteiger partial charge in [0, 0.05) is 12.6 Å². The van der Waals surface area contributed by atoms with Crippen LogP contribution in [0.1, 0.15) is 17.0 Å². The summed E-state index contributed by atoms with van der Waals surface area (Å²) in [7, 11) is 0. The van der Waals surface area contributed by atoms with E-state index in [2.05, 4.69) is 52.8 Å². The van der Waals surface area contributed by atoms with Gasteiger partial charge in [0.05, 0.1) is 11.7 Å². The molecule has 0 saturated heterocycles. The molecule has 0 amide bonds. The van der Waals surface area contributed by atoms with Gasteiger partial charge in [-0.2, -0.15) is 0 Å². The molecule has 0 aliphatic heterocycles. The van der Waals surface area contributed by atoms with Crippen LogP contribution in [0.3, 0.4) is 0 Å². The average molecular weight is 222 g/mol. The summed E-state index contributed by atoms with van der Waals surface area (Å²) in [6.45, 7) is 2.14. The second-order valence-corrected chi connectivity index (χ2v) is 4.27. The maximum absolute atomic E-state index is 4.49. The minimum atomic E-state index is 0.880. The number of hydrogen-bond donors (Lipinski definition) is 0. The van der Waals surface area contributed by atoms with E-state index < -0.39 is 0 Å². The van der Waals surface area contributed by atoms with E-state index in [0.717, 1.165) is 17.8 Å². The summed E-state index contributed by atoms with van der Waals surface area (Å²) < 4.78 is 2.15. The maximum atomic E-state index is 4.49. The van der Waals surface area contributed by atoms with Gasteiger partial charge in [0.2, 0.25) is 0 Å². The predicted molar refractivity (Wildman–Crippen MR) is 69.2 cm³/mol. The Balaban J connectivity index is 2.03. The molecular weight excluding hydrogens is 208 g/mol. The van der Waals surface area contributed by atoms with E-state index in [1.54, 1.807) is 0 Å². The van der Waals surface area contributed by atoms with Crippen LogP contribution in [0.25, 0.3) is 5.52 Å². The zero-order chi connectivity index (χ0) is 11.7. The van der Waals surface area contributed by atoms with Gasteiger partial charge in [-0.1, -0.05) is 30.3 Å². The average Bonchev–Trinajstić information content (AvgIpc) is 2.76. The van der Waals surface area contributed by atoms with Gasteiger partial charge >= 0.3 is 0 Å². The van der Waals surface area contributed by atoms with E-state index in [1.807, 2.05) is 18.3 Å². The third kappa shape index (κ3) is 1.82. The maximum Gasteiger partial charge on any atom is 0.117 e. The van der Waals surface area contributed by atoms with Crippen LogP contribution in [-0.4, -0.2) is 9.38 Å². The molecule has 2 heteroatoms. The molecule has 0 radical (unpaired) electrons. The molecule has 0 N–H and O–H groups in total. The van der Waals surface area contributed by atoms with Crippen LogP contribution in [0.15, 0.2) is 54.9 Å². The van der Waals surface area contributed by atoms with Gasteiger partial charge in [0.25, 0.3) is 0 Å². The first kappa shape index (κ1) is 10.1. The lowest BCUT2D eigenvalue weighted by Crippen LogP contribution is -1.97. The monoisotopic (exact) mass is 222 g/mol. The number of nitrogens with zero attached hydrogens (tertiary/aromatic N) is 2. The van der Waals surface area contributed by atoms with Crippen molar-refractivity contribution >= 4 is 5.52 Å². The quantitative estimate of drug-likeness (QED) is 0.650. The fourth-order valence-electron chi connectivity index (χ4n) is 2.11. The molecule has 2 heterocycles. The number of pyridine rings is 1. The molecule has 0 aliphatic carbocycles. The van der Waals surface area contributed by atoms with Gasteiger partial charge in [-0.15, -0.1) is 0 Å². The molecule has 2 nitrogen and oxygen atoms in total. The summed E-state index contributed by atoms with van der Waals surface area (Å²) in [5.41, 5.74) is 3.81. The summed E-state index contributed by atoms with van der Waals surface area (Å²) in [5.74, 6) is 1.09. The number of fused-ring (bicyclic) bond motifs is 1. The number of aryl methyl sites for hydroxylation is 1. The van der Waals surface area contributed by atoms with Crippen LogP contribution in [0.4, 0.5) is 0 Å². The SMILES string of the molecule is Cc1ccccc1Cc1ncc2ccccn12. The third-order valence-corrected chi connectivity index (χ3v) is 3.13. The minimum Gasteiger partial charge on any atom is -0.303 e. The molecule has 2 aromatic heterocycles. The first-order valence-corrected chi connectivity index (χ1v) is 5.80. The number of hydrogen-bond acceptors (Lipinski definition) is 1. The Hall–Kier alpha value is -2.09. The molecule has 1 aromatic carbocycles. The van der Waals surface area contributed by atoms with Crippen LogP contribution < -0.4 is 0 Å². The minimum absolute atomic E-state index is 0.880. The van der Waals surface area contributed by atoms with Gasteiger partial charge in [-0.05, 0) is 30.2 Å². The zero-order valence-electron chi connectivity index (χ0n) is 9.80. The summed E-state index contributed by atoms with van der Waals surface area (Å²) in [6, 6.07) is 14.6. The van der Waals surface area contributed by atoms with Crippen molar-refractivity contribution in [2.75, 3.05) is 0 Å². The Morgan fingerprint density at radius 3 is 2.76 bits per heavy atom. The van der Waals surface area contributed by atoms with Crippen molar-refractivity contribution in [1.82, 2.24) is 9.38 Å². The molecule has 17 heavy (non-hydrogen) atoms. The zero-order valence-corrected chi connectivity index (χ0v) is 9.80. The van der Waals surface area contributed by atoms with E-state index in [4.69, 9.17) is 0 Å². The van der Waals surface area contributed by atoms with Gasteiger partial charge in [0.15, 0.2) is 0 Å². The van der Waals surface area contributed by atoms with E-state index >= 15 is 0 Å². The number of aromatic nitrogens is 2. The summed E-state index contributed by atoms with van der Waals surface area (Å²) in [5, 5.41) is 0. The van der Waals surface area contributed by atoms with Gasteiger partial charge in [0.1, 0.15) is 5.82 Å². The fourth-order valence-corrected chi connectivity index (χ4v) is 2.11. The predicted octanol–water partition coefficient (Wildman–Crippen LogP) is 3.23. The molecule has 0 spiro atoms. The van der Waals surface area contributed by atoms with Crippen molar-refractivity contribution in [3.05, 3.63) is 71.8 Å². The molecule has 0 unspecified atom stereocenters. The lowest BCUT2D eigenvalue weighted by atomic mass is 10.1. The molecule has 0 saturated carbocycles. The molecule has 0 bridgehead atoms. The normalized spacial score (nSPS) is 10.9. The Morgan fingerprint density at radius 2 is 1.88 bits per heavy atom. The van der Waals surface area contributed by atoms with Gasteiger partial charge in [-0.3, -0.25) is 0 Å². The Kier molecular flexibility index (Phi) is 2.41. The summed E-state index contributed by atoms with van der Waals surface area (Å²) in [6.07, 6.45) is 4.87. The highest BCUT2D eigenvalue weighted by atomic mass is 15.0. The van der Waals surface area contributed by atoms with Crippen molar-refractivity contribution in [2.24, 2.45) is 0 Å². The highest BCUT2D eigenvalue weighted by Crippen LogP contribution is 2.14. The lowest BCUT2D eigenvalue weighted by molar-refractivity contribution is 0.955. The molecule has 0 fully saturated rings. The first-order valence-electron chi connectivity index (χ1n) is 5.80. The number of rotatable bonds is 2. The molecular formula is C15H14N2. The van der Waals surface area contributed by atoms with E-state index in [9.17, 15) is 0 Å². The Labute approximate surface area is 101 Å². The standard InChI is InChI=1S/C15H14N2/c1-12-6-2-3-7-13(12)10-15-16-11-14-8-4-5-9-17(14)15/h2-9,11H,10H2,1H3. The Morgan fingerprint density at radius 1 is 1.06 bits per heavy atom. The first-order chi connectivity index (χ1) is 8.34. The second kappa shape index (κ2) is 4.06. The highest BCUT2D eigenvalue weighted by molar-refractivity contribution is 5.46. The topological polar surface area (TPSA) is 17.3 Å². The van der Waals surface area contributed by atoms with Crippen LogP contribution in [0, 0.1) is 6.92 Å². The fraction of sp³-hybridized carbons (Fsp3) is 0.133. The van der Waals surface area contributed by atoms with Crippen molar-refractivity contribution in [3.63, 3.8) is 0 Å². The summed E-state index contributed by atoms with van der Waals surface area (Å²) >= 11 is 0. The van der Waals surface area contributed by atoms with Crippen molar-refractivity contribution < 1.29 is 0 Å². The largest absolute Gasteiger partial charge is 0.303 e. The van der Waals surface area contributed by atoms with Crippen LogP contribution in [-0.2, 0) is 6.42 Å². The molecule has 3 aromatic rings. The Bertz CT molecular complexity index is 653. The van der Waals surface area contributed by atoms with Crippen molar-refractivity contribution in [1.29, 1.82) is 0 Å². The highest BCUT2D eigenvalue weighted by Gasteiger charge is 2.05.